The second kappa shape index (κ2) is 14.9. The molecule has 0 aromatic heterocycles. The lowest BCUT2D eigenvalue weighted by Crippen LogP contribution is -2.09. The lowest BCUT2D eigenvalue weighted by Gasteiger charge is -1.95. The molecule has 0 amide bonds. The third kappa shape index (κ3) is 13.1. The quantitative estimate of drug-likeness (QED) is 0.729. The Balaban J connectivity index is 0.000000278. The van der Waals surface area contributed by atoms with E-state index in [2.05, 4.69) is 54.1 Å². The first-order valence-corrected chi connectivity index (χ1v) is 7.10. The van der Waals surface area contributed by atoms with Crippen LogP contribution >= 0.6 is 0 Å². The first-order valence-electron chi connectivity index (χ1n) is 7.10. The van der Waals surface area contributed by atoms with Gasteiger partial charge < -0.3 is 16.0 Å². The number of rotatable bonds is 4. The van der Waals surface area contributed by atoms with E-state index in [4.69, 9.17) is 0 Å². The lowest BCUT2D eigenvalue weighted by atomic mass is 10.2. The van der Waals surface area contributed by atoms with Crippen molar-refractivity contribution in [3.63, 3.8) is 0 Å². The molecule has 1 aromatic rings. The summed E-state index contributed by atoms with van der Waals surface area (Å²) < 4.78 is 0. The van der Waals surface area contributed by atoms with Gasteiger partial charge in [-0.05, 0) is 25.7 Å². The monoisotopic (exact) mass is 263 g/mol. The number of hydrogen-bond acceptors (Lipinski definition) is 3. The van der Waals surface area contributed by atoms with E-state index in [1.807, 2.05) is 25.2 Å². The van der Waals surface area contributed by atoms with Gasteiger partial charge in [0.15, 0.2) is 0 Å². The van der Waals surface area contributed by atoms with Crippen molar-refractivity contribution in [2.24, 2.45) is 0 Å². The summed E-state index contributed by atoms with van der Waals surface area (Å²) in [7, 11) is 1.95. The van der Waals surface area contributed by atoms with Gasteiger partial charge in [0.1, 0.15) is 0 Å². The molecule has 0 saturated carbocycles. The van der Waals surface area contributed by atoms with E-state index >= 15 is 0 Å². The predicted molar refractivity (Wildman–Crippen MR) is 85.4 cm³/mol. The van der Waals surface area contributed by atoms with Crippen molar-refractivity contribution in [2.75, 3.05) is 33.2 Å². The van der Waals surface area contributed by atoms with Crippen LogP contribution in [0.25, 0.3) is 0 Å². The zero-order valence-electron chi connectivity index (χ0n) is 12.6. The maximum atomic E-state index is 3.11. The first kappa shape index (κ1) is 17.8. The number of benzene rings is 1. The third-order valence-electron chi connectivity index (χ3n) is 2.41. The van der Waals surface area contributed by atoms with Crippen LogP contribution in [0.1, 0.15) is 19.4 Å². The van der Waals surface area contributed by atoms with Crippen molar-refractivity contribution < 1.29 is 0 Å². The molecular formula is C16H29N3. The van der Waals surface area contributed by atoms with E-state index in [9.17, 15) is 0 Å². The highest BCUT2D eigenvalue weighted by Gasteiger charge is 1.83. The first-order chi connectivity index (χ1) is 9.35. The van der Waals surface area contributed by atoms with Gasteiger partial charge >= 0.3 is 0 Å². The standard InChI is InChI=1S/C8H11N.C4H7N.C4H11N/c1-9-7-8-5-3-2-4-6-8;1-2-4-5-3-1;1-3-5-4-2/h2-6,9H,7H2,1H3;1-2,5H,3-4H2;5H,3-4H2,1-2H3. The minimum absolute atomic E-state index is 0.959. The van der Waals surface area contributed by atoms with E-state index in [1.165, 1.54) is 5.56 Å². The summed E-state index contributed by atoms with van der Waals surface area (Å²) in [4.78, 5) is 0. The van der Waals surface area contributed by atoms with Gasteiger partial charge in [0, 0.05) is 19.6 Å². The SMILES string of the molecule is C1=CCNC1.CCNCC.CNCc1ccccc1. The number of hydrogen-bond donors (Lipinski definition) is 3. The zero-order valence-corrected chi connectivity index (χ0v) is 12.6. The largest absolute Gasteiger partial charge is 0.317 e. The maximum Gasteiger partial charge on any atom is 0.0202 e. The molecule has 1 aliphatic rings. The van der Waals surface area contributed by atoms with Crippen LogP contribution in [-0.4, -0.2) is 33.2 Å². The highest BCUT2D eigenvalue weighted by Crippen LogP contribution is 1.95. The molecule has 1 heterocycles. The molecule has 3 N–H and O–H groups in total. The van der Waals surface area contributed by atoms with Crippen LogP contribution in [0.15, 0.2) is 42.5 Å². The Kier molecular flexibility index (Phi) is 14.0. The molecule has 0 spiro atoms. The van der Waals surface area contributed by atoms with Gasteiger partial charge in [-0.3, -0.25) is 0 Å². The van der Waals surface area contributed by atoms with Crippen molar-refractivity contribution in [2.45, 2.75) is 20.4 Å². The Morgan fingerprint density at radius 2 is 1.58 bits per heavy atom. The smallest absolute Gasteiger partial charge is 0.0202 e. The maximum absolute atomic E-state index is 3.11. The van der Waals surface area contributed by atoms with Gasteiger partial charge in [-0.2, -0.15) is 0 Å². The average Bonchev–Trinajstić information content (AvgIpc) is 3.01. The second-order valence-corrected chi connectivity index (χ2v) is 4.10. The Bertz CT molecular complexity index is 288. The lowest BCUT2D eigenvalue weighted by molar-refractivity contribution is 0.762. The molecule has 0 saturated heterocycles. The molecule has 0 atom stereocenters. The minimum atomic E-state index is 0.959. The summed E-state index contributed by atoms with van der Waals surface area (Å²) in [5.74, 6) is 0. The van der Waals surface area contributed by atoms with Gasteiger partial charge in [0.25, 0.3) is 0 Å². The van der Waals surface area contributed by atoms with Crippen molar-refractivity contribution in [1.82, 2.24) is 16.0 Å². The van der Waals surface area contributed by atoms with E-state index in [-0.39, 0.29) is 0 Å². The summed E-state index contributed by atoms with van der Waals surface area (Å²) >= 11 is 0. The molecule has 0 fully saturated rings. The molecule has 19 heavy (non-hydrogen) atoms. The van der Waals surface area contributed by atoms with Crippen LogP contribution in [0.2, 0.25) is 0 Å². The van der Waals surface area contributed by atoms with E-state index < -0.39 is 0 Å². The summed E-state index contributed by atoms with van der Waals surface area (Å²) in [6.45, 7) is 9.49. The van der Waals surface area contributed by atoms with Crippen LogP contribution in [0.4, 0.5) is 0 Å². The van der Waals surface area contributed by atoms with Crippen LogP contribution < -0.4 is 16.0 Å². The Morgan fingerprint density at radius 1 is 1.00 bits per heavy atom. The molecular weight excluding hydrogens is 234 g/mol. The molecule has 3 heteroatoms. The minimum Gasteiger partial charge on any atom is -0.317 e. The Morgan fingerprint density at radius 3 is 1.89 bits per heavy atom. The van der Waals surface area contributed by atoms with E-state index in [0.717, 1.165) is 32.7 Å². The fourth-order valence-corrected chi connectivity index (χ4v) is 1.47. The predicted octanol–water partition coefficient (Wildman–Crippen LogP) is 2.17. The highest BCUT2D eigenvalue weighted by atomic mass is 14.9. The summed E-state index contributed by atoms with van der Waals surface area (Å²) in [6, 6.07) is 10.3. The molecule has 1 aliphatic heterocycles. The fraction of sp³-hybridized carbons (Fsp3) is 0.500. The summed E-state index contributed by atoms with van der Waals surface area (Å²) in [6.07, 6.45) is 4.25. The van der Waals surface area contributed by atoms with Gasteiger partial charge in [-0.25, -0.2) is 0 Å². The normalized spacial score (nSPS) is 12.2. The van der Waals surface area contributed by atoms with Crippen LogP contribution in [0.5, 0.6) is 0 Å². The third-order valence-corrected chi connectivity index (χ3v) is 2.41. The van der Waals surface area contributed by atoms with Crippen LogP contribution in [-0.2, 0) is 6.54 Å². The van der Waals surface area contributed by atoms with Gasteiger partial charge in [-0.15, -0.1) is 0 Å². The Hall–Kier alpha value is -1.16. The topological polar surface area (TPSA) is 36.1 Å². The molecule has 0 aliphatic carbocycles. The molecule has 0 bridgehead atoms. The van der Waals surface area contributed by atoms with Crippen LogP contribution in [0.3, 0.4) is 0 Å². The fourth-order valence-electron chi connectivity index (χ4n) is 1.47. The Labute approximate surface area is 118 Å². The van der Waals surface area contributed by atoms with Crippen molar-refractivity contribution in [3.8, 4) is 0 Å². The van der Waals surface area contributed by atoms with Crippen molar-refractivity contribution in [3.05, 3.63) is 48.0 Å². The molecule has 3 nitrogen and oxygen atoms in total. The highest BCUT2D eigenvalue weighted by molar-refractivity contribution is 5.13. The van der Waals surface area contributed by atoms with Gasteiger partial charge in [0.05, 0.1) is 0 Å². The van der Waals surface area contributed by atoms with Crippen LogP contribution in [0, 0.1) is 0 Å². The molecule has 0 radical (unpaired) electrons. The second-order valence-electron chi connectivity index (χ2n) is 4.10. The van der Waals surface area contributed by atoms with E-state index in [1.54, 1.807) is 0 Å². The molecule has 108 valence electrons. The van der Waals surface area contributed by atoms with Crippen molar-refractivity contribution >= 4 is 0 Å². The van der Waals surface area contributed by atoms with E-state index in [0.29, 0.717) is 0 Å². The van der Waals surface area contributed by atoms with Gasteiger partial charge in [-0.1, -0.05) is 56.3 Å². The molecule has 2 rings (SSSR count). The number of nitrogens with one attached hydrogen (secondary N) is 3. The van der Waals surface area contributed by atoms with Crippen molar-refractivity contribution in [1.29, 1.82) is 0 Å². The summed E-state index contributed by atoms with van der Waals surface area (Å²) in [5.41, 5.74) is 1.33. The average molecular weight is 263 g/mol. The molecule has 1 aromatic carbocycles. The molecule has 0 unspecified atom stereocenters. The summed E-state index contributed by atoms with van der Waals surface area (Å²) in [5, 5.41) is 9.31. The van der Waals surface area contributed by atoms with Gasteiger partial charge in [0.2, 0.25) is 0 Å². The zero-order chi connectivity index (χ0) is 14.2.